The van der Waals surface area contributed by atoms with Crippen LogP contribution in [0.4, 0.5) is 0 Å². The third-order valence-corrected chi connectivity index (χ3v) is 5.67. The van der Waals surface area contributed by atoms with Crippen molar-refractivity contribution in [3.8, 4) is 5.75 Å². The van der Waals surface area contributed by atoms with Crippen molar-refractivity contribution in [2.75, 3.05) is 0 Å². The molecule has 0 amide bonds. The first-order valence-corrected chi connectivity index (χ1v) is 9.42. The first kappa shape index (κ1) is 17.2. The predicted molar refractivity (Wildman–Crippen MR) is 97.0 cm³/mol. The zero-order valence-corrected chi connectivity index (χ0v) is 14.4. The summed E-state index contributed by atoms with van der Waals surface area (Å²) in [5.74, 6) is 0.0405. The van der Waals surface area contributed by atoms with Gasteiger partial charge in [-0.15, -0.1) is 0 Å². The lowest BCUT2D eigenvalue weighted by molar-refractivity contribution is 0.475. The zero-order chi connectivity index (χ0) is 17.7. The van der Waals surface area contributed by atoms with Crippen molar-refractivity contribution < 1.29 is 13.5 Å². The molecule has 128 valence electrons. The minimum atomic E-state index is -3.57. The van der Waals surface area contributed by atoms with E-state index >= 15 is 0 Å². The number of phenols is 1. The summed E-state index contributed by atoms with van der Waals surface area (Å²) < 4.78 is 25.1. The van der Waals surface area contributed by atoms with Gasteiger partial charge in [-0.25, -0.2) is 8.42 Å². The molecule has 0 heterocycles. The summed E-state index contributed by atoms with van der Waals surface area (Å²) in [5, 5.41) is 12.6. The Morgan fingerprint density at radius 3 is 1.72 bits per heavy atom. The zero-order valence-electron chi connectivity index (χ0n) is 13.6. The smallest absolute Gasteiger partial charge is 0.206 e. The van der Waals surface area contributed by atoms with E-state index in [1.807, 2.05) is 30.3 Å². The highest BCUT2D eigenvalue weighted by atomic mass is 32.2. The summed E-state index contributed by atoms with van der Waals surface area (Å²) in [7, 11) is -3.57. The molecule has 0 saturated carbocycles. The van der Waals surface area contributed by atoms with Crippen molar-refractivity contribution >= 4 is 9.84 Å². The molecule has 3 aromatic carbocycles. The molecule has 0 aliphatic heterocycles. The van der Waals surface area contributed by atoms with Crippen LogP contribution >= 0.6 is 0 Å². The molecular weight excluding hydrogens is 334 g/mol. The molecule has 3 rings (SSSR count). The molecule has 0 saturated heterocycles. The van der Waals surface area contributed by atoms with Gasteiger partial charge in [0.15, 0.2) is 0 Å². The molecule has 0 atom stereocenters. The lowest BCUT2D eigenvalue weighted by Gasteiger charge is -2.08. The number of hydrogen-bond donors (Lipinski definition) is 2. The monoisotopic (exact) mass is 353 g/mol. The predicted octanol–water partition coefficient (Wildman–Crippen LogP) is 3.51. The summed E-state index contributed by atoms with van der Waals surface area (Å²) in [6.45, 7) is 1.42. The van der Waals surface area contributed by atoms with Crippen LogP contribution in [0, 0.1) is 0 Å². The molecule has 0 radical (unpaired) electrons. The molecule has 0 unspecified atom stereocenters. The van der Waals surface area contributed by atoms with Crippen molar-refractivity contribution in [2.24, 2.45) is 0 Å². The lowest BCUT2D eigenvalue weighted by atomic mass is 10.2. The van der Waals surface area contributed by atoms with Gasteiger partial charge in [0.25, 0.3) is 0 Å². The van der Waals surface area contributed by atoms with Crippen LogP contribution in [0.3, 0.4) is 0 Å². The molecule has 0 fully saturated rings. The Bertz CT molecular complexity index is 919. The van der Waals surface area contributed by atoms with Gasteiger partial charge in [0, 0.05) is 13.1 Å². The van der Waals surface area contributed by atoms with Crippen molar-refractivity contribution in [2.45, 2.75) is 22.9 Å². The molecule has 0 spiro atoms. The topological polar surface area (TPSA) is 66.4 Å². The normalized spacial score (nSPS) is 11.4. The minimum Gasteiger partial charge on any atom is -0.508 e. The molecule has 3 aromatic rings. The number of hydrogen-bond acceptors (Lipinski definition) is 4. The first-order chi connectivity index (χ1) is 12.1. The Kier molecular flexibility index (Phi) is 5.16. The summed E-state index contributed by atoms with van der Waals surface area (Å²) in [5.41, 5.74) is 2.22. The second-order valence-corrected chi connectivity index (χ2v) is 7.68. The Morgan fingerprint density at radius 1 is 0.680 bits per heavy atom. The van der Waals surface area contributed by atoms with Crippen LogP contribution in [0.2, 0.25) is 0 Å². The molecule has 0 aromatic heterocycles. The van der Waals surface area contributed by atoms with E-state index in [0.29, 0.717) is 6.54 Å². The van der Waals surface area contributed by atoms with E-state index in [2.05, 4.69) is 17.4 Å². The molecule has 0 bridgehead atoms. The maximum absolute atomic E-state index is 12.6. The van der Waals surface area contributed by atoms with Gasteiger partial charge < -0.3 is 10.4 Å². The molecule has 0 aliphatic rings. The highest BCUT2D eigenvalue weighted by molar-refractivity contribution is 7.91. The maximum Gasteiger partial charge on any atom is 0.206 e. The van der Waals surface area contributed by atoms with Crippen molar-refractivity contribution in [1.29, 1.82) is 0 Å². The summed E-state index contributed by atoms with van der Waals surface area (Å²) in [6, 6.07) is 22.5. The number of rotatable bonds is 6. The Hall–Kier alpha value is -2.63. The number of benzene rings is 3. The van der Waals surface area contributed by atoms with E-state index < -0.39 is 9.84 Å². The van der Waals surface area contributed by atoms with Gasteiger partial charge in [-0.2, -0.15) is 0 Å². The second kappa shape index (κ2) is 7.51. The van der Waals surface area contributed by atoms with Crippen LogP contribution in [0.15, 0.2) is 88.7 Å². The first-order valence-electron chi connectivity index (χ1n) is 7.93. The van der Waals surface area contributed by atoms with E-state index in [1.165, 1.54) is 29.8 Å². The van der Waals surface area contributed by atoms with Crippen molar-refractivity contribution in [3.63, 3.8) is 0 Å². The third-order valence-electron chi connectivity index (χ3n) is 3.88. The second-order valence-electron chi connectivity index (χ2n) is 5.73. The van der Waals surface area contributed by atoms with Gasteiger partial charge >= 0.3 is 0 Å². The third kappa shape index (κ3) is 4.26. The summed E-state index contributed by atoms with van der Waals surface area (Å²) >= 11 is 0. The fraction of sp³-hybridized carbons (Fsp3) is 0.100. The van der Waals surface area contributed by atoms with Crippen LogP contribution in [0.1, 0.15) is 11.1 Å². The molecule has 0 aliphatic carbocycles. The van der Waals surface area contributed by atoms with Gasteiger partial charge in [-0.3, -0.25) is 0 Å². The van der Waals surface area contributed by atoms with Crippen LogP contribution < -0.4 is 5.32 Å². The van der Waals surface area contributed by atoms with E-state index in [9.17, 15) is 13.5 Å². The van der Waals surface area contributed by atoms with Crippen molar-refractivity contribution in [3.05, 3.63) is 90.0 Å². The van der Waals surface area contributed by atoms with Crippen LogP contribution in [-0.4, -0.2) is 13.5 Å². The number of nitrogens with one attached hydrogen (secondary N) is 1. The SMILES string of the molecule is O=S(=O)(c1ccc(O)cc1)c1ccc(CNCc2ccccc2)cc1. The summed E-state index contributed by atoms with van der Waals surface area (Å²) in [6.07, 6.45) is 0. The average Bonchev–Trinajstić information content (AvgIpc) is 2.63. The van der Waals surface area contributed by atoms with Crippen LogP contribution in [-0.2, 0) is 22.9 Å². The highest BCUT2D eigenvalue weighted by Gasteiger charge is 2.17. The molecule has 5 heteroatoms. The van der Waals surface area contributed by atoms with Crippen molar-refractivity contribution in [1.82, 2.24) is 5.32 Å². The number of aromatic hydroxyl groups is 1. The average molecular weight is 353 g/mol. The van der Waals surface area contributed by atoms with E-state index in [-0.39, 0.29) is 15.5 Å². The van der Waals surface area contributed by atoms with Crippen LogP contribution in [0.5, 0.6) is 5.75 Å². The van der Waals surface area contributed by atoms with E-state index in [0.717, 1.165) is 12.1 Å². The fourth-order valence-corrected chi connectivity index (χ4v) is 3.76. The van der Waals surface area contributed by atoms with Gasteiger partial charge in [0.2, 0.25) is 9.84 Å². The Balaban J connectivity index is 1.66. The maximum atomic E-state index is 12.6. The lowest BCUT2D eigenvalue weighted by Crippen LogP contribution is -2.12. The Morgan fingerprint density at radius 2 is 1.16 bits per heavy atom. The number of sulfone groups is 1. The molecule has 2 N–H and O–H groups in total. The highest BCUT2D eigenvalue weighted by Crippen LogP contribution is 2.23. The minimum absolute atomic E-state index is 0.0405. The van der Waals surface area contributed by atoms with E-state index in [1.54, 1.807) is 12.1 Å². The molecular formula is C20H19NO3S. The molecule has 25 heavy (non-hydrogen) atoms. The van der Waals surface area contributed by atoms with Gasteiger partial charge in [-0.05, 0) is 47.5 Å². The van der Waals surface area contributed by atoms with Crippen LogP contribution in [0.25, 0.3) is 0 Å². The van der Waals surface area contributed by atoms with Gasteiger partial charge in [-0.1, -0.05) is 42.5 Å². The molecule has 4 nitrogen and oxygen atoms in total. The van der Waals surface area contributed by atoms with Gasteiger partial charge in [0.1, 0.15) is 5.75 Å². The van der Waals surface area contributed by atoms with E-state index in [4.69, 9.17) is 0 Å². The standard InChI is InChI=1S/C20H19NO3S/c22-18-8-12-20(13-9-18)25(23,24)19-10-6-17(7-11-19)15-21-14-16-4-2-1-3-5-16/h1-13,21-22H,14-15H2. The summed E-state index contributed by atoms with van der Waals surface area (Å²) in [4.78, 5) is 0.408. The quantitative estimate of drug-likeness (QED) is 0.712. The fourth-order valence-electron chi connectivity index (χ4n) is 2.49. The Labute approximate surface area is 147 Å². The largest absolute Gasteiger partial charge is 0.508 e. The van der Waals surface area contributed by atoms with Gasteiger partial charge in [0.05, 0.1) is 9.79 Å². The number of phenolic OH excluding ortho intramolecular Hbond substituents is 1.